The molecule has 5 nitrogen and oxygen atoms in total. The molecule has 2 aliphatic rings. The molecule has 2 unspecified atom stereocenters. The number of para-hydroxylation sites is 1. The van der Waals surface area contributed by atoms with Gasteiger partial charge in [-0.05, 0) is 64.3 Å². The van der Waals surface area contributed by atoms with E-state index >= 15 is 0 Å². The first-order chi connectivity index (χ1) is 12.7. The molecule has 1 saturated carbocycles. The predicted octanol–water partition coefficient (Wildman–Crippen LogP) is 3.38. The third-order valence-electron chi connectivity index (χ3n) is 5.95. The summed E-state index contributed by atoms with van der Waals surface area (Å²) in [6, 6.07) is 14.9. The fourth-order valence-electron chi connectivity index (χ4n) is 4.60. The van der Waals surface area contributed by atoms with Crippen molar-refractivity contribution in [3.8, 4) is 0 Å². The van der Waals surface area contributed by atoms with E-state index in [9.17, 15) is 5.11 Å². The number of methoxy groups -OCH3 is 1. The number of hydrogen-bond donors (Lipinski definition) is 2. The number of aromatic nitrogens is 2. The lowest BCUT2D eigenvalue weighted by molar-refractivity contribution is 0.124. The minimum atomic E-state index is -0.516. The van der Waals surface area contributed by atoms with Crippen molar-refractivity contribution < 1.29 is 9.84 Å². The Morgan fingerprint density at radius 2 is 2.19 bits per heavy atom. The molecule has 0 saturated heterocycles. The van der Waals surface area contributed by atoms with Crippen molar-refractivity contribution in [1.29, 1.82) is 0 Å². The monoisotopic (exact) mass is 461 g/mol. The average molecular weight is 461 g/mol. The quantitative estimate of drug-likeness (QED) is 0.585. The van der Waals surface area contributed by atoms with Crippen LogP contribution in [0.25, 0.3) is 10.9 Å². The van der Waals surface area contributed by atoms with Crippen molar-refractivity contribution >= 4 is 39.2 Å². The van der Waals surface area contributed by atoms with Crippen LogP contribution >= 0.6 is 22.6 Å². The largest absolute Gasteiger partial charge is 0.383 e. The van der Waals surface area contributed by atoms with E-state index in [0.29, 0.717) is 19.1 Å². The Bertz CT molecular complexity index is 988. The van der Waals surface area contributed by atoms with Gasteiger partial charge in [0.05, 0.1) is 12.1 Å². The molecule has 5 rings (SSSR count). The number of fused-ring (bicyclic) bond motifs is 3. The molecule has 1 aliphatic carbocycles. The van der Waals surface area contributed by atoms with Crippen molar-refractivity contribution in [3.05, 3.63) is 57.3 Å². The number of aliphatic hydroxyl groups is 1. The maximum absolute atomic E-state index is 11.2. The van der Waals surface area contributed by atoms with Gasteiger partial charge in [-0.15, -0.1) is 0 Å². The Morgan fingerprint density at radius 3 is 3.04 bits per heavy atom. The van der Waals surface area contributed by atoms with Crippen LogP contribution < -0.4 is 4.90 Å². The Hall–Kier alpha value is -1.64. The molecule has 1 spiro atoms. The first-order valence-corrected chi connectivity index (χ1v) is 9.91. The van der Waals surface area contributed by atoms with Gasteiger partial charge >= 0.3 is 0 Å². The highest BCUT2D eigenvalue weighted by Crippen LogP contribution is 2.68. The minimum absolute atomic E-state index is 0.217. The molecule has 2 heterocycles. The molecule has 134 valence electrons. The molecule has 0 radical (unpaired) electrons. The molecule has 1 aliphatic heterocycles. The Morgan fingerprint density at radius 1 is 1.35 bits per heavy atom. The Labute approximate surface area is 165 Å². The van der Waals surface area contributed by atoms with Gasteiger partial charge in [-0.1, -0.05) is 24.3 Å². The Balaban J connectivity index is 1.54. The third-order valence-corrected chi connectivity index (χ3v) is 6.78. The molecule has 0 bridgehead atoms. The van der Waals surface area contributed by atoms with E-state index < -0.39 is 6.23 Å². The van der Waals surface area contributed by atoms with Gasteiger partial charge in [-0.2, -0.15) is 5.10 Å². The normalized spacial score (nSPS) is 26.7. The third kappa shape index (κ3) is 2.18. The first-order valence-electron chi connectivity index (χ1n) is 8.83. The van der Waals surface area contributed by atoms with E-state index in [2.05, 4.69) is 74.1 Å². The summed E-state index contributed by atoms with van der Waals surface area (Å²) < 4.78 is 6.25. The molecule has 3 aromatic rings. The van der Waals surface area contributed by atoms with Crippen LogP contribution in [0.4, 0.5) is 5.69 Å². The predicted molar refractivity (Wildman–Crippen MR) is 110 cm³/mol. The van der Waals surface area contributed by atoms with E-state index in [1.165, 1.54) is 11.1 Å². The smallest absolute Gasteiger partial charge is 0.137 e. The summed E-state index contributed by atoms with van der Waals surface area (Å²) >= 11 is 2.25. The summed E-state index contributed by atoms with van der Waals surface area (Å²) in [5, 5.41) is 19.8. The number of hydrogen-bond acceptors (Lipinski definition) is 4. The highest BCUT2D eigenvalue weighted by molar-refractivity contribution is 14.1. The fraction of sp³-hybridized carbons (Fsp3) is 0.350. The molecule has 26 heavy (non-hydrogen) atoms. The van der Waals surface area contributed by atoms with E-state index in [-0.39, 0.29) is 5.41 Å². The number of anilines is 1. The van der Waals surface area contributed by atoms with Crippen molar-refractivity contribution in [2.45, 2.75) is 24.0 Å². The highest BCUT2D eigenvalue weighted by Gasteiger charge is 2.66. The topological polar surface area (TPSA) is 61.4 Å². The summed E-state index contributed by atoms with van der Waals surface area (Å²) in [6.07, 6.45) is 0.448. The second-order valence-electron chi connectivity index (χ2n) is 7.19. The van der Waals surface area contributed by atoms with Crippen LogP contribution in [0.1, 0.15) is 23.5 Å². The average Bonchev–Trinajstić information content (AvgIpc) is 3.26. The van der Waals surface area contributed by atoms with Gasteiger partial charge in [0, 0.05) is 30.1 Å². The maximum atomic E-state index is 11.2. The zero-order valence-electron chi connectivity index (χ0n) is 14.4. The van der Waals surface area contributed by atoms with Crippen LogP contribution in [0.15, 0.2) is 42.5 Å². The molecule has 2 aromatic carbocycles. The van der Waals surface area contributed by atoms with Crippen molar-refractivity contribution in [3.63, 3.8) is 0 Å². The molecular weight excluding hydrogens is 441 g/mol. The van der Waals surface area contributed by atoms with Crippen LogP contribution in [0.3, 0.4) is 0 Å². The first kappa shape index (κ1) is 16.5. The van der Waals surface area contributed by atoms with Gasteiger partial charge in [0.25, 0.3) is 0 Å². The Kier molecular flexibility index (Phi) is 3.77. The molecule has 2 N–H and O–H groups in total. The van der Waals surface area contributed by atoms with E-state index in [1.807, 2.05) is 6.07 Å². The van der Waals surface area contributed by atoms with Crippen LogP contribution in [-0.2, 0) is 10.2 Å². The van der Waals surface area contributed by atoms with Crippen molar-refractivity contribution in [2.75, 3.05) is 25.2 Å². The van der Waals surface area contributed by atoms with Gasteiger partial charge in [-0.3, -0.25) is 5.10 Å². The fourth-order valence-corrected chi connectivity index (χ4v) is 5.19. The summed E-state index contributed by atoms with van der Waals surface area (Å²) in [5.74, 6) is 0.316. The van der Waals surface area contributed by atoms with Crippen LogP contribution in [0.5, 0.6) is 0 Å². The molecule has 3 atom stereocenters. The second-order valence-corrected chi connectivity index (χ2v) is 8.22. The van der Waals surface area contributed by atoms with Gasteiger partial charge in [0.2, 0.25) is 0 Å². The highest BCUT2D eigenvalue weighted by atomic mass is 127. The maximum Gasteiger partial charge on any atom is 0.137 e. The molecule has 0 amide bonds. The second kappa shape index (κ2) is 5.94. The number of nitrogens with zero attached hydrogens (tertiary/aromatic N) is 2. The number of ether oxygens (including phenoxy) is 1. The van der Waals surface area contributed by atoms with E-state index in [4.69, 9.17) is 4.74 Å². The summed E-state index contributed by atoms with van der Waals surface area (Å²) in [5.41, 5.74) is 4.50. The zero-order valence-corrected chi connectivity index (χ0v) is 16.6. The number of benzene rings is 2. The molecule has 6 heteroatoms. The van der Waals surface area contributed by atoms with Gasteiger partial charge in [0.15, 0.2) is 0 Å². The number of aromatic amines is 1. The van der Waals surface area contributed by atoms with Crippen LogP contribution in [-0.4, -0.2) is 41.8 Å². The number of H-pyrrole nitrogens is 1. The van der Waals surface area contributed by atoms with Gasteiger partial charge < -0.3 is 14.7 Å². The van der Waals surface area contributed by atoms with E-state index in [1.54, 1.807) is 7.11 Å². The summed E-state index contributed by atoms with van der Waals surface area (Å²) in [4.78, 5) is 2.09. The lowest BCUT2D eigenvalue weighted by atomic mass is 9.91. The standard InChI is InChI=1S/C20H20IN3O2/c1-26-9-8-24-17-5-3-2-4-14(17)20(19(24)25)11-15(20)12-6-7-13-16(10-12)22-23-18(13)21/h2-7,10,15,19,25H,8-9,11H2,1H3,(H,22,23)/t15?,19-,20?/m1/s1. The lowest BCUT2D eigenvalue weighted by Gasteiger charge is -2.26. The number of halogens is 1. The van der Waals surface area contributed by atoms with Gasteiger partial charge in [0.1, 0.15) is 9.93 Å². The number of rotatable bonds is 4. The van der Waals surface area contributed by atoms with Crippen LogP contribution in [0, 0.1) is 3.70 Å². The number of nitrogens with one attached hydrogen (secondary N) is 1. The van der Waals surface area contributed by atoms with Gasteiger partial charge in [-0.25, -0.2) is 0 Å². The molecular formula is C20H20IN3O2. The summed E-state index contributed by atoms with van der Waals surface area (Å²) in [6.45, 7) is 1.30. The SMILES string of the molecule is COCCN1c2ccccc2C2(CC2c2ccc3c(I)n[nH]c3c2)[C@H]1O. The van der Waals surface area contributed by atoms with Crippen molar-refractivity contribution in [1.82, 2.24) is 10.2 Å². The molecule has 1 fully saturated rings. The van der Waals surface area contributed by atoms with Crippen LogP contribution in [0.2, 0.25) is 0 Å². The summed E-state index contributed by atoms with van der Waals surface area (Å²) in [7, 11) is 1.70. The van der Waals surface area contributed by atoms with E-state index in [0.717, 1.165) is 26.7 Å². The van der Waals surface area contributed by atoms with Crippen molar-refractivity contribution in [2.24, 2.45) is 0 Å². The zero-order chi connectivity index (χ0) is 17.9. The minimum Gasteiger partial charge on any atom is -0.383 e. The number of aliphatic hydroxyl groups excluding tert-OH is 1. The molecule has 1 aromatic heterocycles. The lowest BCUT2D eigenvalue weighted by Crippen LogP contribution is -2.40.